The van der Waals surface area contributed by atoms with Gasteiger partial charge in [0.15, 0.2) is 0 Å². The van der Waals surface area contributed by atoms with Crippen molar-refractivity contribution < 1.29 is 4.74 Å². The highest BCUT2D eigenvalue weighted by Gasteiger charge is 2.00. The zero-order valence-corrected chi connectivity index (χ0v) is 18.0. The lowest BCUT2D eigenvalue weighted by molar-refractivity contribution is 0.306. The van der Waals surface area contributed by atoms with Gasteiger partial charge in [0.25, 0.3) is 0 Å². The van der Waals surface area contributed by atoms with E-state index in [1.165, 1.54) is 83.5 Å². The molecule has 0 unspecified atom stereocenters. The van der Waals surface area contributed by atoms with E-state index in [1.54, 1.807) is 6.07 Å². The number of nitrogen functional groups attached to an aromatic ring is 2. The number of hydrogen-bond donors (Lipinski definition) is 2. The highest BCUT2D eigenvalue weighted by Crippen LogP contribution is 2.23. The van der Waals surface area contributed by atoms with Gasteiger partial charge >= 0.3 is 0 Å². The maximum absolute atomic E-state index is 5.89. The number of hydrogen-bond acceptors (Lipinski definition) is 3. The third-order valence-electron chi connectivity index (χ3n) is 5.22. The lowest BCUT2D eigenvalue weighted by Crippen LogP contribution is -2.01. The summed E-state index contributed by atoms with van der Waals surface area (Å²) in [5.41, 5.74) is 12.9. The molecule has 1 aromatic carbocycles. The molecule has 0 atom stereocenters. The molecule has 0 aliphatic heterocycles. The fourth-order valence-electron chi connectivity index (χ4n) is 3.48. The monoisotopic (exact) mass is 376 g/mol. The van der Waals surface area contributed by atoms with Crippen LogP contribution in [0.4, 0.5) is 11.4 Å². The molecule has 1 aromatic rings. The van der Waals surface area contributed by atoms with Gasteiger partial charge in [0, 0.05) is 5.69 Å². The van der Waals surface area contributed by atoms with E-state index in [1.807, 2.05) is 12.1 Å². The summed E-state index contributed by atoms with van der Waals surface area (Å²) in [5.74, 6) is 1.63. The Kier molecular flexibility index (Phi) is 13.7. The molecule has 0 spiro atoms. The topological polar surface area (TPSA) is 61.3 Å². The van der Waals surface area contributed by atoms with Crippen molar-refractivity contribution in [3.63, 3.8) is 0 Å². The molecule has 0 saturated heterocycles. The normalized spacial score (nSPS) is 11.2. The SMILES string of the molecule is CC(C)CCCCCCCCCCCCCCCOc1ccc(N)cc1N. The maximum atomic E-state index is 5.89. The Hall–Kier alpha value is -1.38. The van der Waals surface area contributed by atoms with Gasteiger partial charge in [-0.3, -0.25) is 0 Å². The summed E-state index contributed by atoms with van der Waals surface area (Å²) in [4.78, 5) is 0. The van der Waals surface area contributed by atoms with Crippen molar-refractivity contribution >= 4 is 11.4 Å². The molecule has 0 amide bonds. The molecule has 0 saturated carbocycles. The first-order chi connectivity index (χ1) is 13.1. The van der Waals surface area contributed by atoms with E-state index in [9.17, 15) is 0 Å². The van der Waals surface area contributed by atoms with Gasteiger partial charge in [-0.1, -0.05) is 97.3 Å². The van der Waals surface area contributed by atoms with Gasteiger partial charge < -0.3 is 16.2 Å². The van der Waals surface area contributed by atoms with Gasteiger partial charge in [0.1, 0.15) is 5.75 Å². The van der Waals surface area contributed by atoms with E-state index in [0.29, 0.717) is 11.4 Å². The van der Waals surface area contributed by atoms with E-state index >= 15 is 0 Å². The van der Waals surface area contributed by atoms with E-state index < -0.39 is 0 Å². The van der Waals surface area contributed by atoms with Gasteiger partial charge in [0.05, 0.1) is 12.3 Å². The van der Waals surface area contributed by atoms with Gasteiger partial charge in [0.2, 0.25) is 0 Å². The minimum absolute atomic E-state index is 0.630. The molecule has 4 N–H and O–H groups in total. The predicted molar refractivity (Wildman–Crippen MR) is 120 cm³/mol. The van der Waals surface area contributed by atoms with Gasteiger partial charge in [-0.25, -0.2) is 0 Å². The van der Waals surface area contributed by atoms with E-state index in [4.69, 9.17) is 16.2 Å². The van der Waals surface area contributed by atoms with Crippen LogP contribution in [0.1, 0.15) is 104 Å². The highest BCUT2D eigenvalue weighted by molar-refractivity contribution is 5.60. The lowest BCUT2D eigenvalue weighted by atomic mass is 10.0. The summed E-state index contributed by atoms with van der Waals surface area (Å²) in [6, 6.07) is 5.44. The van der Waals surface area contributed by atoms with Crippen LogP contribution >= 0.6 is 0 Å². The number of ether oxygens (including phenoxy) is 1. The molecule has 0 aliphatic rings. The number of anilines is 2. The summed E-state index contributed by atoms with van der Waals surface area (Å²) in [7, 11) is 0. The molecule has 0 bridgehead atoms. The zero-order valence-electron chi connectivity index (χ0n) is 18.0. The number of nitrogens with two attached hydrogens (primary N) is 2. The molecule has 0 heterocycles. The highest BCUT2D eigenvalue weighted by atomic mass is 16.5. The standard InChI is InChI=1S/C24H44N2O/c1-21(2)16-14-12-10-8-6-4-3-5-7-9-11-13-15-19-27-24-18-17-22(25)20-23(24)26/h17-18,20-21H,3-16,19,25-26H2,1-2H3. The lowest BCUT2D eigenvalue weighted by Gasteiger charge is -2.09. The first kappa shape index (κ1) is 23.7. The van der Waals surface area contributed by atoms with Crippen molar-refractivity contribution in [1.82, 2.24) is 0 Å². The molecule has 0 aliphatic carbocycles. The molecule has 0 aromatic heterocycles. The van der Waals surface area contributed by atoms with Crippen molar-refractivity contribution in [2.45, 2.75) is 104 Å². The van der Waals surface area contributed by atoms with Crippen LogP contribution in [0.25, 0.3) is 0 Å². The van der Waals surface area contributed by atoms with Gasteiger partial charge in [-0.2, -0.15) is 0 Å². The van der Waals surface area contributed by atoms with Crippen LogP contribution in [-0.4, -0.2) is 6.61 Å². The second kappa shape index (κ2) is 15.7. The Morgan fingerprint density at radius 3 is 1.67 bits per heavy atom. The van der Waals surface area contributed by atoms with Crippen LogP contribution in [0.5, 0.6) is 5.75 Å². The fraction of sp³-hybridized carbons (Fsp3) is 0.750. The van der Waals surface area contributed by atoms with Crippen LogP contribution in [-0.2, 0) is 0 Å². The summed E-state index contributed by atoms with van der Waals surface area (Å²) in [6.45, 7) is 5.39. The largest absolute Gasteiger partial charge is 0.491 e. The Labute approximate surface area is 168 Å². The fourth-order valence-corrected chi connectivity index (χ4v) is 3.48. The molecular weight excluding hydrogens is 332 g/mol. The van der Waals surface area contributed by atoms with Crippen LogP contribution in [0.15, 0.2) is 18.2 Å². The summed E-state index contributed by atoms with van der Waals surface area (Å²) in [5, 5.41) is 0. The summed E-state index contributed by atoms with van der Waals surface area (Å²) >= 11 is 0. The quantitative estimate of drug-likeness (QED) is 0.221. The number of benzene rings is 1. The average Bonchev–Trinajstić information content (AvgIpc) is 2.62. The molecule has 156 valence electrons. The first-order valence-electron chi connectivity index (χ1n) is 11.4. The van der Waals surface area contributed by atoms with E-state index in [-0.39, 0.29) is 0 Å². The molecule has 1 rings (SSSR count). The van der Waals surface area contributed by atoms with E-state index in [2.05, 4.69) is 13.8 Å². The second-order valence-corrected chi connectivity index (χ2v) is 8.42. The Bertz CT molecular complexity index is 473. The summed E-state index contributed by atoms with van der Waals surface area (Å²) < 4.78 is 5.73. The van der Waals surface area contributed by atoms with Crippen molar-refractivity contribution in [2.24, 2.45) is 5.92 Å². The van der Waals surface area contributed by atoms with Crippen LogP contribution < -0.4 is 16.2 Å². The third kappa shape index (κ3) is 13.4. The maximum Gasteiger partial charge on any atom is 0.142 e. The number of unbranched alkanes of at least 4 members (excludes halogenated alkanes) is 12. The average molecular weight is 377 g/mol. The molecular formula is C24H44N2O. The minimum atomic E-state index is 0.630. The van der Waals surface area contributed by atoms with Crippen LogP contribution in [0.3, 0.4) is 0 Å². The smallest absolute Gasteiger partial charge is 0.142 e. The predicted octanol–water partition coefficient (Wildman–Crippen LogP) is 7.35. The van der Waals surface area contributed by atoms with Crippen LogP contribution in [0.2, 0.25) is 0 Å². The Morgan fingerprint density at radius 1 is 0.704 bits per heavy atom. The second-order valence-electron chi connectivity index (χ2n) is 8.42. The van der Waals surface area contributed by atoms with Crippen molar-refractivity contribution in [1.29, 1.82) is 0 Å². The molecule has 0 fully saturated rings. The number of rotatable bonds is 17. The van der Waals surface area contributed by atoms with E-state index in [0.717, 1.165) is 24.7 Å². The zero-order chi connectivity index (χ0) is 19.7. The van der Waals surface area contributed by atoms with Gasteiger partial charge in [-0.15, -0.1) is 0 Å². The van der Waals surface area contributed by atoms with Gasteiger partial charge in [-0.05, 0) is 30.5 Å². The molecule has 0 radical (unpaired) electrons. The van der Waals surface area contributed by atoms with Crippen molar-refractivity contribution in [3.05, 3.63) is 18.2 Å². The molecule has 3 heteroatoms. The summed E-state index contributed by atoms with van der Waals surface area (Å²) in [6.07, 6.45) is 19.3. The Morgan fingerprint density at radius 2 is 1.19 bits per heavy atom. The molecule has 3 nitrogen and oxygen atoms in total. The molecule has 27 heavy (non-hydrogen) atoms. The Balaban J connectivity index is 1.79. The van der Waals surface area contributed by atoms with Crippen LogP contribution in [0, 0.1) is 5.92 Å². The third-order valence-corrected chi connectivity index (χ3v) is 5.22. The van der Waals surface area contributed by atoms with Crippen molar-refractivity contribution in [3.8, 4) is 5.75 Å². The minimum Gasteiger partial charge on any atom is -0.491 e. The first-order valence-corrected chi connectivity index (χ1v) is 11.4. The van der Waals surface area contributed by atoms with Crippen molar-refractivity contribution in [2.75, 3.05) is 18.1 Å².